The van der Waals surface area contributed by atoms with Crippen LogP contribution in [0.3, 0.4) is 0 Å². The number of nitrogens with one attached hydrogen (secondary N) is 2. The third-order valence-electron chi connectivity index (χ3n) is 4.09. The highest BCUT2D eigenvalue weighted by Gasteiger charge is 2.43. The van der Waals surface area contributed by atoms with Gasteiger partial charge in [-0.25, -0.2) is 0 Å². The third kappa shape index (κ3) is 2.97. The molecule has 0 aromatic rings. The van der Waals surface area contributed by atoms with Crippen molar-refractivity contribution in [3.8, 4) is 0 Å². The molecule has 0 bridgehead atoms. The zero-order chi connectivity index (χ0) is 14.8. The molecule has 3 N–H and O–H groups in total. The van der Waals surface area contributed by atoms with Crippen molar-refractivity contribution in [2.24, 2.45) is 5.41 Å². The minimum Gasteiger partial charge on any atom is -0.481 e. The summed E-state index contributed by atoms with van der Waals surface area (Å²) in [5.74, 6) is -2.26. The van der Waals surface area contributed by atoms with Gasteiger partial charge in [-0.05, 0) is 19.3 Å². The Balaban J connectivity index is 1.93. The van der Waals surface area contributed by atoms with Crippen LogP contribution >= 0.6 is 0 Å². The third-order valence-corrected chi connectivity index (χ3v) is 4.09. The maximum Gasteiger partial charge on any atom is 0.310 e. The van der Waals surface area contributed by atoms with Gasteiger partial charge in [0.15, 0.2) is 0 Å². The molecule has 7 nitrogen and oxygen atoms in total. The predicted molar refractivity (Wildman–Crippen MR) is 67.5 cm³/mol. The Bertz CT molecular complexity index is 454. The van der Waals surface area contributed by atoms with E-state index in [2.05, 4.69) is 10.6 Å². The van der Waals surface area contributed by atoms with Crippen LogP contribution in [-0.2, 0) is 19.2 Å². The van der Waals surface area contributed by atoms with Crippen molar-refractivity contribution in [2.75, 3.05) is 0 Å². The smallest absolute Gasteiger partial charge is 0.310 e. The Morgan fingerprint density at radius 2 is 1.95 bits per heavy atom. The Kier molecular flexibility index (Phi) is 4.06. The lowest BCUT2D eigenvalue weighted by atomic mass is 9.82. The van der Waals surface area contributed by atoms with Crippen molar-refractivity contribution < 1.29 is 24.3 Å². The van der Waals surface area contributed by atoms with Gasteiger partial charge >= 0.3 is 5.97 Å². The van der Waals surface area contributed by atoms with Crippen molar-refractivity contribution in [3.05, 3.63) is 0 Å². The fraction of sp³-hybridized carbons (Fsp3) is 0.692. The molecule has 1 saturated carbocycles. The fourth-order valence-electron chi connectivity index (χ4n) is 2.90. The topological polar surface area (TPSA) is 113 Å². The highest BCUT2D eigenvalue weighted by atomic mass is 16.4. The summed E-state index contributed by atoms with van der Waals surface area (Å²) in [7, 11) is 0. The number of rotatable bonds is 4. The number of carboxylic acids is 1. The van der Waals surface area contributed by atoms with Gasteiger partial charge in [-0.3, -0.25) is 24.5 Å². The van der Waals surface area contributed by atoms with Crippen LogP contribution in [0.25, 0.3) is 0 Å². The molecule has 110 valence electrons. The quantitative estimate of drug-likeness (QED) is 0.625. The standard InChI is InChI=1S/C13H18N2O5/c16-9-4-3-8(11(18)15-9)14-10(17)7-13(12(19)20)5-1-2-6-13/h8H,1-7H2,(H,14,17)(H,19,20)(H,15,16,18). The number of piperidine rings is 1. The van der Waals surface area contributed by atoms with Crippen LogP contribution in [-0.4, -0.2) is 34.8 Å². The fourth-order valence-corrected chi connectivity index (χ4v) is 2.90. The summed E-state index contributed by atoms with van der Waals surface area (Å²) in [4.78, 5) is 45.8. The molecule has 2 rings (SSSR count). The average Bonchev–Trinajstić information content (AvgIpc) is 2.82. The van der Waals surface area contributed by atoms with Gasteiger partial charge in [0, 0.05) is 12.8 Å². The number of hydrogen-bond acceptors (Lipinski definition) is 4. The van der Waals surface area contributed by atoms with Gasteiger partial charge in [-0.1, -0.05) is 12.8 Å². The van der Waals surface area contributed by atoms with Gasteiger partial charge in [0.25, 0.3) is 0 Å². The largest absolute Gasteiger partial charge is 0.481 e. The van der Waals surface area contributed by atoms with Crippen LogP contribution in [0.15, 0.2) is 0 Å². The first-order chi connectivity index (χ1) is 9.43. The molecule has 0 spiro atoms. The van der Waals surface area contributed by atoms with Crippen LogP contribution in [0.1, 0.15) is 44.9 Å². The highest BCUT2D eigenvalue weighted by molar-refractivity contribution is 6.01. The van der Waals surface area contributed by atoms with Gasteiger partial charge in [0.2, 0.25) is 17.7 Å². The van der Waals surface area contributed by atoms with Crippen molar-refractivity contribution in [2.45, 2.75) is 51.0 Å². The summed E-state index contributed by atoms with van der Waals surface area (Å²) in [6, 6.07) is -0.743. The lowest BCUT2D eigenvalue weighted by molar-refractivity contribution is -0.151. The summed E-state index contributed by atoms with van der Waals surface area (Å²) in [5, 5.41) is 14.0. The lowest BCUT2D eigenvalue weighted by Crippen LogP contribution is -2.53. The summed E-state index contributed by atoms with van der Waals surface area (Å²) in [5.41, 5.74) is -0.995. The van der Waals surface area contributed by atoms with Gasteiger partial charge in [0.05, 0.1) is 5.41 Å². The lowest BCUT2D eigenvalue weighted by Gasteiger charge is -2.26. The Labute approximate surface area is 116 Å². The van der Waals surface area contributed by atoms with Gasteiger partial charge in [0.1, 0.15) is 6.04 Å². The van der Waals surface area contributed by atoms with Gasteiger partial charge in [-0.2, -0.15) is 0 Å². The molecule has 1 aliphatic heterocycles. The molecule has 20 heavy (non-hydrogen) atoms. The van der Waals surface area contributed by atoms with E-state index in [9.17, 15) is 24.3 Å². The summed E-state index contributed by atoms with van der Waals surface area (Å²) < 4.78 is 0. The van der Waals surface area contributed by atoms with Crippen LogP contribution in [0, 0.1) is 5.41 Å². The van der Waals surface area contributed by atoms with E-state index in [4.69, 9.17) is 0 Å². The molecule has 2 aliphatic rings. The van der Waals surface area contributed by atoms with E-state index in [0.717, 1.165) is 12.8 Å². The van der Waals surface area contributed by atoms with E-state index >= 15 is 0 Å². The van der Waals surface area contributed by atoms with Crippen molar-refractivity contribution >= 4 is 23.7 Å². The van der Waals surface area contributed by atoms with E-state index in [1.165, 1.54) is 0 Å². The van der Waals surface area contributed by atoms with Crippen LogP contribution < -0.4 is 10.6 Å². The number of amides is 3. The minimum atomic E-state index is -0.995. The van der Waals surface area contributed by atoms with E-state index in [0.29, 0.717) is 12.8 Å². The Hall–Kier alpha value is -1.92. The Morgan fingerprint density at radius 1 is 1.30 bits per heavy atom. The first-order valence-electron chi connectivity index (χ1n) is 6.79. The molecule has 7 heteroatoms. The molecule has 0 aromatic heterocycles. The molecule has 3 amide bonds. The van der Waals surface area contributed by atoms with E-state index in [-0.39, 0.29) is 25.2 Å². The first-order valence-corrected chi connectivity index (χ1v) is 6.79. The minimum absolute atomic E-state index is 0.111. The molecule has 2 fully saturated rings. The summed E-state index contributed by atoms with van der Waals surface area (Å²) in [6.07, 6.45) is 2.92. The molecular formula is C13H18N2O5. The van der Waals surface area contributed by atoms with Crippen molar-refractivity contribution in [3.63, 3.8) is 0 Å². The van der Waals surface area contributed by atoms with Crippen molar-refractivity contribution in [1.82, 2.24) is 10.6 Å². The molecular weight excluding hydrogens is 264 g/mol. The normalized spacial score (nSPS) is 25.1. The monoisotopic (exact) mass is 282 g/mol. The van der Waals surface area contributed by atoms with Crippen LogP contribution in [0.4, 0.5) is 0 Å². The number of carboxylic acid groups (broad SMARTS) is 1. The molecule has 0 radical (unpaired) electrons. The number of carbonyl (C=O) groups excluding carboxylic acids is 3. The molecule has 1 atom stereocenters. The van der Waals surface area contributed by atoms with E-state index in [1.54, 1.807) is 0 Å². The molecule has 1 saturated heterocycles. The van der Waals surface area contributed by atoms with Gasteiger partial charge < -0.3 is 10.4 Å². The SMILES string of the molecule is O=C1CCC(NC(=O)CC2(C(=O)O)CCCC2)C(=O)N1. The second-order valence-electron chi connectivity index (χ2n) is 5.54. The maximum absolute atomic E-state index is 12.0. The number of hydrogen-bond donors (Lipinski definition) is 3. The summed E-state index contributed by atoms with van der Waals surface area (Å²) in [6.45, 7) is 0. The van der Waals surface area contributed by atoms with Crippen molar-refractivity contribution in [1.29, 1.82) is 0 Å². The zero-order valence-electron chi connectivity index (χ0n) is 11.1. The van der Waals surface area contributed by atoms with Gasteiger partial charge in [-0.15, -0.1) is 0 Å². The number of aliphatic carboxylic acids is 1. The Morgan fingerprint density at radius 3 is 2.50 bits per heavy atom. The number of carbonyl (C=O) groups is 4. The van der Waals surface area contributed by atoms with Crippen LogP contribution in [0.2, 0.25) is 0 Å². The zero-order valence-corrected chi connectivity index (χ0v) is 11.1. The van der Waals surface area contributed by atoms with Crippen LogP contribution in [0.5, 0.6) is 0 Å². The second-order valence-corrected chi connectivity index (χ2v) is 5.54. The average molecular weight is 282 g/mol. The first kappa shape index (κ1) is 14.5. The predicted octanol–water partition coefficient (Wildman–Crippen LogP) is -0.0571. The molecule has 1 aliphatic carbocycles. The van der Waals surface area contributed by atoms with E-state index in [1.807, 2.05) is 0 Å². The van der Waals surface area contributed by atoms with E-state index < -0.39 is 29.2 Å². The second kappa shape index (κ2) is 5.60. The highest BCUT2D eigenvalue weighted by Crippen LogP contribution is 2.41. The summed E-state index contributed by atoms with van der Waals surface area (Å²) >= 11 is 0. The molecule has 1 heterocycles. The molecule has 0 aromatic carbocycles. The number of imide groups is 1. The molecule has 1 unspecified atom stereocenters. The maximum atomic E-state index is 12.0.